The molecule has 0 aromatic carbocycles. The number of anilines is 2. The zero-order valence-corrected chi connectivity index (χ0v) is 14.4. The van der Waals surface area contributed by atoms with E-state index in [0.717, 1.165) is 11.3 Å². The summed E-state index contributed by atoms with van der Waals surface area (Å²) in [7, 11) is 0. The lowest BCUT2D eigenvalue weighted by Crippen LogP contribution is -2.16. The average Bonchev–Trinajstić information content (AvgIpc) is 3.08. The summed E-state index contributed by atoms with van der Waals surface area (Å²) in [5.41, 5.74) is 7.41. The van der Waals surface area contributed by atoms with E-state index in [0.29, 0.717) is 17.3 Å². The summed E-state index contributed by atoms with van der Waals surface area (Å²) in [4.78, 5) is 21.4. The topological polar surface area (TPSA) is 131 Å². The normalized spacial score (nSPS) is 11.9. The number of nitrogens with zero attached hydrogens (tertiary/aromatic N) is 7. The smallest absolute Gasteiger partial charge is 0.178 e. The van der Waals surface area contributed by atoms with Crippen LogP contribution in [-0.4, -0.2) is 29.5 Å². The summed E-state index contributed by atoms with van der Waals surface area (Å²) in [5, 5.41) is 12.5. The maximum atomic E-state index is 9.34. The van der Waals surface area contributed by atoms with E-state index in [2.05, 4.69) is 30.2 Å². The molecule has 132 valence electrons. The van der Waals surface area contributed by atoms with Gasteiger partial charge in [0, 0.05) is 12.4 Å². The average molecular weight is 357 g/mol. The molecule has 9 nitrogen and oxygen atoms in total. The number of aromatic nitrogens is 6. The van der Waals surface area contributed by atoms with E-state index in [-0.39, 0.29) is 17.4 Å². The molecule has 0 aliphatic rings. The highest BCUT2D eigenvalue weighted by Gasteiger charge is 2.21. The summed E-state index contributed by atoms with van der Waals surface area (Å²) in [5.74, 6) is 1.88. The van der Waals surface area contributed by atoms with Crippen LogP contribution < -0.4 is 11.1 Å². The number of nitrogens with two attached hydrogens (primary N) is 1. The first-order valence-electron chi connectivity index (χ1n) is 8.21. The van der Waals surface area contributed by atoms with Gasteiger partial charge in [0.05, 0.1) is 11.6 Å². The Morgan fingerprint density at radius 1 is 1.11 bits per heavy atom. The molecule has 4 heterocycles. The standard InChI is InChI=1S/C18H15N9/c1-11(25-16-12(9-19)15(20)23-10-24-16)18-26-17-13(5-4-8-22-17)27(18)14-6-2-3-7-21-14/h2-8,10-11H,1H3,(H3,20,23,24,25)/t11-/m0/s1. The summed E-state index contributed by atoms with van der Waals surface area (Å²) >= 11 is 0. The second-order valence-corrected chi connectivity index (χ2v) is 5.80. The molecule has 0 aliphatic heterocycles. The third-order valence-corrected chi connectivity index (χ3v) is 4.06. The maximum Gasteiger partial charge on any atom is 0.178 e. The lowest BCUT2D eigenvalue weighted by Gasteiger charge is -2.17. The van der Waals surface area contributed by atoms with Crippen molar-refractivity contribution in [1.82, 2.24) is 29.5 Å². The van der Waals surface area contributed by atoms with Gasteiger partial charge in [0.15, 0.2) is 5.65 Å². The lowest BCUT2D eigenvalue weighted by atomic mass is 10.2. The highest BCUT2D eigenvalue weighted by Crippen LogP contribution is 2.26. The van der Waals surface area contributed by atoms with Gasteiger partial charge in [-0.2, -0.15) is 5.26 Å². The number of imidazole rings is 1. The van der Waals surface area contributed by atoms with Crippen molar-refractivity contribution in [3.05, 3.63) is 60.4 Å². The Hall–Kier alpha value is -4.06. The van der Waals surface area contributed by atoms with E-state index in [1.165, 1.54) is 6.33 Å². The van der Waals surface area contributed by atoms with Crippen molar-refractivity contribution in [3.63, 3.8) is 0 Å². The zero-order chi connectivity index (χ0) is 18.8. The number of pyridine rings is 2. The summed E-state index contributed by atoms with van der Waals surface area (Å²) in [6, 6.07) is 11.2. The summed E-state index contributed by atoms with van der Waals surface area (Å²) in [6.07, 6.45) is 4.73. The van der Waals surface area contributed by atoms with E-state index < -0.39 is 0 Å². The quantitative estimate of drug-likeness (QED) is 0.568. The summed E-state index contributed by atoms with van der Waals surface area (Å²) < 4.78 is 1.93. The van der Waals surface area contributed by atoms with E-state index in [1.807, 2.05) is 47.9 Å². The van der Waals surface area contributed by atoms with Gasteiger partial charge in [0.1, 0.15) is 41.2 Å². The molecule has 0 saturated heterocycles. The number of nitriles is 1. The van der Waals surface area contributed by atoms with Crippen LogP contribution in [0.4, 0.5) is 11.6 Å². The summed E-state index contributed by atoms with van der Waals surface area (Å²) in [6.45, 7) is 1.92. The predicted octanol–water partition coefficient (Wildman–Crippen LogP) is 2.23. The van der Waals surface area contributed by atoms with Crippen LogP contribution in [0.5, 0.6) is 0 Å². The third kappa shape index (κ3) is 2.89. The Morgan fingerprint density at radius 3 is 2.74 bits per heavy atom. The minimum absolute atomic E-state index is 0.127. The van der Waals surface area contributed by atoms with Crippen LogP contribution in [-0.2, 0) is 0 Å². The van der Waals surface area contributed by atoms with Crippen molar-refractivity contribution in [3.8, 4) is 11.9 Å². The highest BCUT2D eigenvalue weighted by molar-refractivity contribution is 5.74. The van der Waals surface area contributed by atoms with Crippen LogP contribution >= 0.6 is 0 Å². The molecule has 0 bridgehead atoms. The van der Waals surface area contributed by atoms with Gasteiger partial charge in [0.2, 0.25) is 0 Å². The molecule has 4 rings (SSSR count). The van der Waals surface area contributed by atoms with E-state index in [4.69, 9.17) is 5.73 Å². The highest BCUT2D eigenvalue weighted by atomic mass is 15.2. The Morgan fingerprint density at radius 2 is 1.96 bits per heavy atom. The monoisotopic (exact) mass is 357 g/mol. The molecule has 0 aliphatic carbocycles. The van der Waals surface area contributed by atoms with Gasteiger partial charge in [-0.3, -0.25) is 4.57 Å². The third-order valence-electron chi connectivity index (χ3n) is 4.06. The second-order valence-electron chi connectivity index (χ2n) is 5.80. The van der Waals surface area contributed by atoms with Crippen molar-refractivity contribution < 1.29 is 0 Å². The lowest BCUT2D eigenvalue weighted by molar-refractivity contribution is 0.759. The minimum atomic E-state index is -0.303. The van der Waals surface area contributed by atoms with Crippen LogP contribution in [0.15, 0.2) is 49.1 Å². The van der Waals surface area contributed by atoms with Crippen LogP contribution in [0, 0.1) is 11.3 Å². The second kappa shape index (κ2) is 6.68. The Labute approximate surface area is 154 Å². The first-order valence-corrected chi connectivity index (χ1v) is 8.21. The molecule has 0 amide bonds. The molecule has 0 unspecified atom stereocenters. The fourth-order valence-corrected chi connectivity index (χ4v) is 2.84. The van der Waals surface area contributed by atoms with Crippen LogP contribution in [0.1, 0.15) is 24.4 Å². The van der Waals surface area contributed by atoms with Crippen LogP contribution in [0.2, 0.25) is 0 Å². The number of nitrogen functional groups attached to an aromatic ring is 1. The van der Waals surface area contributed by atoms with Gasteiger partial charge in [-0.25, -0.2) is 24.9 Å². The van der Waals surface area contributed by atoms with Crippen LogP contribution in [0.3, 0.4) is 0 Å². The predicted molar refractivity (Wildman–Crippen MR) is 99.9 cm³/mol. The van der Waals surface area contributed by atoms with Gasteiger partial charge < -0.3 is 11.1 Å². The SMILES string of the molecule is C[C@H](Nc1ncnc(N)c1C#N)c1nc2ncccc2n1-c1ccccn1. The van der Waals surface area contributed by atoms with Gasteiger partial charge >= 0.3 is 0 Å². The van der Waals surface area contributed by atoms with Crippen LogP contribution in [0.25, 0.3) is 17.0 Å². The maximum absolute atomic E-state index is 9.34. The molecule has 0 radical (unpaired) electrons. The number of fused-ring (bicyclic) bond motifs is 1. The van der Waals surface area contributed by atoms with Gasteiger partial charge in [0.25, 0.3) is 0 Å². The number of nitrogens with one attached hydrogen (secondary N) is 1. The molecule has 27 heavy (non-hydrogen) atoms. The fourth-order valence-electron chi connectivity index (χ4n) is 2.84. The first-order chi connectivity index (χ1) is 13.2. The van der Waals surface area contributed by atoms with Crippen molar-refractivity contribution in [2.24, 2.45) is 0 Å². The Balaban J connectivity index is 1.82. The fraction of sp³-hybridized carbons (Fsp3) is 0.111. The zero-order valence-electron chi connectivity index (χ0n) is 14.4. The molecule has 0 fully saturated rings. The first kappa shape index (κ1) is 16.4. The molecule has 4 aromatic rings. The van der Waals surface area contributed by atoms with Gasteiger partial charge in [-0.1, -0.05) is 6.07 Å². The van der Waals surface area contributed by atoms with Crippen molar-refractivity contribution >= 4 is 22.8 Å². The minimum Gasteiger partial charge on any atom is -0.382 e. The van der Waals surface area contributed by atoms with E-state index in [9.17, 15) is 5.26 Å². The number of hydrogen-bond donors (Lipinski definition) is 2. The molecule has 9 heteroatoms. The van der Waals surface area contributed by atoms with Crippen molar-refractivity contribution in [2.75, 3.05) is 11.1 Å². The Bertz CT molecular complexity index is 1140. The number of rotatable bonds is 4. The van der Waals surface area contributed by atoms with E-state index >= 15 is 0 Å². The number of hydrogen-bond acceptors (Lipinski definition) is 8. The van der Waals surface area contributed by atoms with Gasteiger partial charge in [-0.05, 0) is 31.2 Å². The van der Waals surface area contributed by atoms with E-state index in [1.54, 1.807) is 12.4 Å². The molecule has 4 aromatic heterocycles. The Kier molecular flexibility index (Phi) is 4.06. The van der Waals surface area contributed by atoms with Gasteiger partial charge in [-0.15, -0.1) is 0 Å². The largest absolute Gasteiger partial charge is 0.382 e. The molecule has 0 saturated carbocycles. The molecule has 1 atom stereocenters. The molecule has 0 spiro atoms. The molecular weight excluding hydrogens is 342 g/mol. The van der Waals surface area contributed by atoms with Crippen molar-refractivity contribution in [1.29, 1.82) is 5.26 Å². The van der Waals surface area contributed by atoms with Crippen molar-refractivity contribution in [2.45, 2.75) is 13.0 Å². The molecule has 3 N–H and O–H groups in total. The molecular formula is C18H15N9.